The predicted molar refractivity (Wildman–Crippen MR) is 71.3 cm³/mol. The van der Waals surface area contributed by atoms with E-state index in [4.69, 9.17) is 4.98 Å². The van der Waals surface area contributed by atoms with Gasteiger partial charge < -0.3 is 0 Å². The van der Waals surface area contributed by atoms with Crippen molar-refractivity contribution in [3.05, 3.63) is 22.8 Å². The Balaban J connectivity index is 2.58. The second kappa shape index (κ2) is 3.79. The molecule has 0 radical (unpaired) electrons. The SMILES string of the molecule is Cc1nc2c(c(C(C)(C)C)n1)CC(C)(C)CC2. The molecular weight excluding hydrogens is 208 g/mol. The number of aromatic nitrogens is 2. The van der Waals surface area contributed by atoms with Crippen LogP contribution in [0.2, 0.25) is 0 Å². The molecule has 17 heavy (non-hydrogen) atoms. The van der Waals surface area contributed by atoms with Crippen LogP contribution in [-0.4, -0.2) is 9.97 Å². The Morgan fingerprint density at radius 3 is 2.35 bits per heavy atom. The van der Waals surface area contributed by atoms with Crippen molar-refractivity contribution in [2.75, 3.05) is 0 Å². The van der Waals surface area contributed by atoms with Crippen LogP contribution in [0.15, 0.2) is 0 Å². The number of hydrogen-bond donors (Lipinski definition) is 0. The van der Waals surface area contributed by atoms with Crippen LogP contribution < -0.4 is 0 Å². The maximum absolute atomic E-state index is 4.71. The monoisotopic (exact) mass is 232 g/mol. The van der Waals surface area contributed by atoms with E-state index in [-0.39, 0.29) is 5.41 Å². The van der Waals surface area contributed by atoms with Gasteiger partial charge in [0, 0.05) is 11.1 Å². The first-order valence-corrected chi connectivity index (χ1v) is 6.56. The summed E-state index contributed by atoms with van der Waals surface area (Å²) in [5, 5.41) is 0. The van der Waals surface area contributed by atoms with Gasteiger partial charge in [-0.15, -0.1) is 0 Å². The number of rotatable bonds is 0. The molecule has 0 spiro atoms. The molecule has 2 heteroatoms. The van der Waals surface area contributed by atoms with Crippen molar-refractivity contribution in [2.24, 2.45) is 5.41 Å². The molecule has 1 aromatic heterocycles. The third kappa shape index (κ3) is 2.51. The minimum atomic E-state index is 0.116. The van der Waals surface area contributed by atoms with E-state index in [9.17, 15) is 0 Å². The predicted octanol–water partition coefficient (Wildman–Crippen LogP) is 3.60. The zero-order valence-electron chi connectivity index (χ0n) is 12.0. The van der Waals surface area contributed by atoms with Crippen LogP contribution in [0.25, 0.3) is 0 Å². The van der Waals surface area contributed by atoms with Crippen molar-refractivity contribution in [2.45, 2.75) is 66.2 Å². The van der Waals surface area contributed by atoms with E-state index in [1.807, 2.05) is 6.92 Å². The van der Waals surface area contributed by atoms with Gasteiger partial charge in [-0.25, -0.2) is 9.97 Å². The van der Waals surface area contributed by atoms with Crippen molar-refractivity contribution < 1.29 is 0 Å². The molecule has 1 heterocycles. The van der Waals surface area contributed by atoms with Crippen LogP contribution in [-0.2, 0) is 18.3 Å². The highest BCUT2D eigenvalue weighted by atomic mass is 14.9. The van der Waals surface area contributed by atoms with Crippen molar-refractivity contribution in [3.63, 3.8) is 0 Å². The molecule has 0 fully saturated rings. The molecular formula is C15H24N2. The fourth-order valence-electron chi connectivity index (χ4n) is 2.69. The average Bonchev–Trinajstić information content (AvgIpc) is 2.15. The summed E-state index contributed by atoms with van der Waals surface area (Å²) in [7, 11) is 0. The van der Waals surface area contributed by atoms with Gasteiger partial charge in [0.25, 0.3) is 0 Å². The lowest BCUT2D eigenvalue weighted by Crippen LogP contribution is -2.29. The highest BCUT2D eigenvalue weighted by Crippen LogP contribution is 2.38. The number of hydrogen-bond acceptors (Lipinski definition) is 2. The van der Waals surface area contributed by atoms with Gasteiger partial charge in [-0.3, -0.25) is 0 Å². The Bertz CT molecular complexity index is 439. The number of aryl methyl sites for hydroxylation is 2. The third-order valence-electron chi connectivity index (χ3n) is 3.61. The van der Waals surface area contributed by atoms with Gasteiger partial charge in [-0.05, 0) is 37.2 Å². The van der Waals surface area contributed by atoms with Gasteiger partial charge in [-0.1, -0.05) is 34.6 Å². The van der Waals surface area contributed by atoms with E-state index < -0.39 is 0 Å². The molecule has 0 atom stereocenters. The summed E-state index contributed by atoms with van der Waals surface area (Å²) < 4.78 is 0. The summed E-state index contributed by atoms with van der Waals surface area (Å²) in [6.45, 7) is 13.4. The lowest BCUT2D eigenvalue weighted by atomic mass is 9.73. The Labute approximate surface area is 105 Å². The minimum absolute atomic E-state index is 0.116. The van der Waals surface area contributed by atoms with Crippen LogP contribution in [0.4, 0.5) is 0 Å². The van der Waals surface area contributed by atoms with E-state index in [1.165, 1.54) is 23.4 Å². The lowest BCUT2D eigenvalue weighted by molar-refractivity contribution is 0.306. The zero-order chi connectivity index (χ0) is 12.8. The molecule has 2 rings (SSSR count). The maximum Gasteiger partial charge on any atom is 0.125 e. The number of nitrogens with zero attached hydrogens (tertiary/aromatic N) is 2. The Kier molecular flexibility index (Phi) is 2.80. The molecule has 0 aromatic carbocycles. The van der Waals surface area contributed by atoms with Crippen molar-refractivity contribution >= 4 is 0 Å². The van der Waals surface area contributed by atoms with Gasteiger partial charge >= 0.3 is 0 Å². The molecule has 0 aliphatic heterocycles. The fourth-order valence-corrected chi connectivity index (χ4v) is 2.69. The van der Waals surface area contributed by atoms with E-state index in [0.717, 1.165) is 18.7 Å². The van der Waals surface area contributed by atoms with E-state index in [2.05, 4.69) is 39.6 Å². The van der Waals surface area contributed by atoms with Crippen LogP contribution in [0.1, 0.15) is 63.8 Å². The van der Waals surface area contributed by atoms with Crippen molar-refractivity contribution in [1.29, 1.82) is 0 Å². The first kappa shape index (κ1) is 12.5. The molecule has 0 N–H and O–H groups in total. The van der Waals surface area contributed by atoms with Gasteiger partial charge in [0.05, 0.1) is 5.69 Å². The molecule has 0 bridgehead atoms. The highest BCUT2D eigenvalue weighted by molar-refractivity contribution is 5.34. The summed E-state index contributed by atoms with van der Waals surface area (Å²) in [6.07, 6.45) is 3.46. The number of fused-ring (bicyclic) bond motifs is 1. The van der Waals surface area contributed by atoms with Gasteiger partial charge in [-0.2, -0.15) is 0 Å². The topological polar surface area (TPSA) is 25.8 Å². The lowest BCUT2D eigenvalue weighted by Gasteiger charge is -2.34. The second-order valence-electron chi connectivity index (χ2n) is 7.14. The normalized spacial score (nSPS) is 18.9. The quantitative estimate of drug-likeness (QED) is 0.683. The van der Waals surface area contributed by atoms with Gasteiger partial charge in [0.1, 0.15) is 5.82 Å². The van der Waals surface area contributed by atoms with Crippen LogP contribution in [0.3, 0.4) is 0 Å². The van der Waals surface area contributed by atoms with E-state index in [1.54, 1.807) is 0 Å². The molecule has 1 aliphatic rings. The zero-order valence-corrected chi connectivity index (χ0v) is 12.0. The Morgan fingerprint density at radius 1 is 1.12 bits per heavy atom. The minimum Gasteiger partial charge on any atom is -0.238 e. The second-order valence-corrected chi connectivity index (χ2v) is 7.14. The third-order valence-corrected chi connectivity index (χ3v) is 3.61. The van der Waals surface area contributed by atoms with E-state index >= 15 is 0 Å². The summed E-state index contributed by atoms with van der Waals surface area (Å²) in [4.78, 5) is 9.35. The first-order chi connectivity index (χ1) is 7.69. The van der Waals surface area contributed by atoms with Crippen LogP contribution in [0.5, 0.6) is 0 Å². The van der Waals surface area contributed by atoms with Gasteiger partial charge in [0.2, 0.25) is 0 Å². The summed E-state index contributed by atoms with van der Waals surface area (Å²) in [5.41, 5.74) is 4.48. The smallest absolute Gasteiger partial charge is 0.125 e. The van der Waals surface area contributed by atoms with E-state index in [0.29, 0.717) is 5.41 Å². The first-order valence-electron chi connectivity index (χ1n) is 6.56. The van der Waals surface area contributed by atoms with Crippen molar-refractivity contribution in [3.8, 4) is 0 Å². The van der Waals surface area contributed by atoms with Crippen LogP contribution in [0, 0.1) is 12.3 Å². The Morgan fingerprint density at radius 2 is 1.76 bits per heavy atom. The van der Waals surface area contributed by atoms with Crippen molar-refractivity contribution in [1.82, 2.24) is 9.97 Å². The molecule has 0 unspecified atom stereocenters. The summed E-state index contributed by atoms with van der Waals surface area (Å²) in [5.74, 6) is 0.924. The molecule has 0 saturated heterocycles. The molecule has 0 amide bonds. The van der Waals surface area contributed by atoms with Crippen LogP contribution >= 0.6 is 0 Å². The molecule has 0 saturated carbocycles. The molecule has 1 aromatic rings. The fraction of sp³-hybridized carbons (Fsp3) is 0.733. The average molecular weight is 232 g/mol. The summed E-state index contributed by atoms with van der Waals surface area (Å²) >= 11 is 0. The molecule has 94 valence electrons. The molecule has 1 aliphatic carbocycles. The summed E-state index contributed by atoms with van der Waals surface area (Å²) in [6, 6.07) is 0. The highest BCUT2D eigenvalue weighted by Gasteiger charge is 2.31. The van der Waals surface area contributed by atoms with Gasteiger partial charge in [0.15, 0.2) is 0 Å². The standard InChI is InChI=1S/C15H24N2/c1-10-16-12-7-8-15(5,6)9-11(12)13(17-10)14(2,3)4/h7-9H2,1-6H3. The maximum atomic E-state index is 4.71. The largest absolute Gasteiger partial charge is 0.238 e. The molecule has 2 nitrogen and oxygen atoms in total. The Hall–Kier alpha value is -0.920.